The van der Waals surface area contributed by atoms with Gasteiger partial charge in [0.1, 0.15) is 0 Å². The topological polar surface area (TPSA) is 46.4 Å². The summed E-state index contributed by atoms with van der Waals surface area (Å²) >= 11 is 0. The highest BCUT2D eigenvalue weighted by molar-refractivity contribution is 4.93. The van der Waals surface area contributed by atoms with E-state index in [-0.39, 0.29) is 0 Å². The van der Waals surface area contributed by atoms with Gasteiger partial charge in [-0.3, -0.25) is 4.68 Å². The molecule has 0 amide bonds. The Morgan fingerprint density at radius 3 is 2.65 bits per heavy atom. The highest BCUT2D eigenvalue weighted by atomic mass is 16.5. The van der Waals surface area contributed by atoms with Crippen LogP contribution in [0.4, 0.5) is 0 Å². The van der Waals surface area contributed by atoms with Crippen molar-refractivity contribution < 1.29 is 9.84 Å². The normalized spacial score (nSPS) is 19.1. The zero-order valence-corrected chi connectivity index (χ0v) is 10.2. The molecule has 1 aromatic rings. The van der Waals surface area contributed by atoms with Crippen LogP contribution < -0.4 is 5.43 Å². The van der Waals surface area contributed by atoms with Crippen molar-refractivity contribution >= 4 is 0 Å². The number of nitrogens with zero attached hydrogens (tertiary/aromatic N) is 1. The molecule has 1 aliphatic rings. The zero-order chi connectivity index (χ0) is 11.9. The van der Waals surface area contributed by atoms with Gasteiger partial charge in [0, 0.05) is 12.4 Å². The van der Waals surface area contributed by atoms with Gasteiger partial charge in [-0.05, 0) is 25.0 Å². The molecule has 2 N–H and O–H groups in total. The Morgan fingerprint density at radius 2 is 1.94 bits per heavy atom. The van der Waals surface area contributed by atoms with Crippen LogP contribution in [0.15, 0.2) is 24.5 Å². The molecular formula is C13H22N2O2. The van der Waals surface area contributed by atoms with Crippen LogP contribution in [0, 0.1) is 0 Å². The van der Waals surface area contributed by atoms with Gasteiger partial charge in [-0.15, -0.1) is 0 Å². The summed E-state index contributed by atoms with van der Waals surface area (Å²) in [5.41, 5.74) is 3.10. The lowest BCUT2D eigenvalue weighted by Gasteiger charge is -2.23. The molecule has 0 bridgehead atoms. The van der Waals surface area contributed by atoms with Gasteiger partial charge in [0.25, 0.3) is 0 Å². The van der Waals surface area contributed by atoms with Crippen molar-refractivity contribution in [2.45, 2.75) is 44.3 Å². The number of aliphatic hydroxyl groups excluding tert-OH is 1. The molecule has 17 heavy (non-hydrogen) atoms. The maximum absolute atomic E-state index is 9.78. The molecule has 0 radical (unpaired) electrons. The smallest absolute Gasteiger partial charge is 0.0961 e. The standard InChI is InChI=1S/C13H22N2O2/c16-12(10-14-15-8-4-5-9-15)11-17-13-6-2-1-3-7-13/h4-5,8-9,12-14,16H,1-3,6-7,10-11H2. The van der Waals surface area contributed by atoms with E-state index in [0.29, 0.717) is 19.3 Å². The van der Waals surface area contributed by atoms with Gasteiger partial charge < -0.3 is 15.3 Å². The van der Waals surface area contributed by atoms with Crippen molar-refractivity contribution in [3.8, 4) is 0 Å². The first-order valence-electron chi connectivity index (χ1n) is 6.51. The van der Waals surface area contributed by atoms with Gasteiger partial charge >= 0.3 is 0 Å². The van der Waals surface area contributed by atoms with E-state index >= 15 is 0 Å². The van der Waals surface area contributed by atoms with Crippen molar-refractivity contribution in [1.29, 1.82) is 0 Å². The molecule has 96 valence electrons. The molecule has 2 rings (SSSR count). The highest BCUT2D eigenvalue weighted by Crippen LogP contribution is 2.20. The molecule has 4 heteroatoms. The van der Waals surface area contributed by atoms with Crippen LogP contribution in [0.25, 0.3) is 0 Å². The summed E-state index contributed by atoms with van der Waals surface area (Å²) in [5.74, 6) is 0. The first-order chi connectivity index (χ1) is 8.34. The van der Waals surface area contributed by atoms with Crippen LogP contribution in [-0.4, -0.2) is 35.1 Å². The third kappa shape index (κ3) is 4.40. The van der Waals surface area contributed by atoms with Crippen molar-refractivity contribution in [2.24, 2.45) is 0 Å². The minimum atomic E-state index is -0.445. The quantitative estimate of drug-likeness (QED) is 0.793. The first-order valence-corrected chi connectivity index (χ1v) is 6.51. The SMILES string of the molecule is OC(CNn1cccc1)COC1CCCCC1. The van der Waals surface area contributed by atoms with E-state index in [1.54, 1.807) is 0 Å². The third-order valence-electron chi connectivity index (χ3n) is 3.19. The average molecular weight is 238 g/mol. The Labute approximate surface area is 103 Å². The molecule has 1 fully saturated rings. The predicted molar refractivity (Wildman–Crippen MR) is 67.5 cm³/mol. The fourth-order valence-corrected chi connectivity index (χ4v) is 2.19. The largest absolute Gasteiger partial charge is 0.389 e. The second-order valence-corrected chi connectivity index (χ2v) is 4.70. The molecule has 0 aliphatic heterocycles. The molecule has 1 atom stereocenters. The minimum Gasteiger partial charge on any atom is -0.389 e. The van der Waals surface area contributed by atoms with E-state index in [2.05, 4.69) is 5.43 Å². The number of aromatic nitrogens is 1. The van der Waals surface area contributed by atoms with Gasteiger partial charge in [-0.1, -0.05) is 19.3 Å². The number of hydrogen-bond donors (Lipinski definition) is 2. The number of hydrogen-bond acceptors (Lipinski definition) is 3. The van der Waals surface area contributed by atoms with E-state index in [1.165, 1.54) is 19.3 Å². The van der Waals surface area contributed by atoms with Crippen molar-refractivity contribution in [3.05, 3.63) is 24.5 Å². The molecule has 0 saturated heterocycles. The van der Waals surface area contributed by atoms with E-state index in [9.17, 15) is 5.11 Å². The first kappa shape index (κ1) is 12.5. The summed E-state index contributed by atoms with van der Waals surface area (Å²) in [5, 5.41) is 9.78. The van der Waals surface area contributed by atoms with Crippen LogP contribution in [0.3, 0.4) is 0 Å². The van der Waals surface area contributed by atoms with E-state index in [0.717, 1.165) is 12.8 Å². The molecule has 1 unspecified atom stereocenters. The molecule has 1 saturated carbocycles. The highest BCUT2D eigenvalue weighted by Gasteiger charge is 2.15. The lowest BCUT2D eigenvalue weighted by Crippen LogP contribution is -2.31. The predicted octanol–water partition coefficient (Wildman–Crippen LogP) is 1.74. The van der Waals surface area contributed by atoms with Gasteiger partial charge in [-0.2, -0.15) is 0 Å². The Bertz CT molecular complexity index is 294. The maximum Gasteiger partial charge on any atom is 0.0961 e. The van der Waals surface area contributed by atoms with E-state index in [1.807, 2.05) is 29.2 Å². The molecule has 1 aromatic heterocycles. The summed E-state index contributed by atoms with van der Waals surface area (Å²) < 4.78 is 7.55. The Morgan fingerprint density at radius 1 is 1.24 bits per heavy atom. The van der Waals surface area contributed by atoms with Gasteiger partial charge in [0.2, 0.25) is 0 Å². The zero-order valence-electron chi connectivity index (χ0n) is 10.2. The average Bonchev–Trinajstić information content (AvgIpc) is 2.88. The van der Waals surface area contributed by atoms with Crippen molar-refractivity contribution in [1.82, 2.24) is 4.68 Å². The maximum atomic E-state index is 9.78. The number of ether oxygens (including phenoxy) is 1. The monoisotopic (exact) mass is 238 g/mol. The summed E-state index contributed by atoms with van der Waals surface area (Å²) in [6, 6.07) is 3.88. The van der Waals surface area contributed by atoms with Crippen LogP contribution in [0.5, 0.6) is 0 Å². The van der Waals surface area contributed by atoms with Crippen molar-refractivity contribution in [2.75, 3.05) is 18.6 Å². The molecule has 1 heterocycles. The number of nitrogens with one attached hydrogen (secondary N) is 1. The number of aliphatic hydroxyl groups is 1. The fourth-order valence-electron chi connectivity index (χ4n) is 2.19. The fraction of sp³-hybridized carbons (Fsp3) is 0.692. The second-order valence-electron chi connectivity index (χ2n) is 4.70. The molecule has 0 spiro atoms. The van der Waals surface area contributed by atoms with E-state index in [4.69, 9.17) is 4.74 Å². The lowest BCUT2D eigenvalue weighted by molar-refractivity contribution is -0.0201. The van der Waals surface area contributed by atoms with Crippen LogP contribution >= 0.6 is 0 Å². The minimum absolute atomic E-state index is 0.366. The van der Waals surface area contributed by atoms with Gasteiger partial charge in [0.15, 0.2) is 0 Å². The van der Waals surface area contributed by atoms with E-state index < -0.39 is 6.10 Å². The van der Waals surface area contributed by atoms with Gasteiger partial charge in [0.05, 0.1) is 25.4 Å². The molecule has 0 aromatic carbocycles. The summed E-state index contributed by atoms with van der Waals surface area (Å²) in [7, 11) is 0. The summed E-state index contributed by atoms with van der Waals surface area (Å²) in [6.45, 7) is 0.945. The summed E-state index contributed by atoms with van der Waals surface area (Å²) in [4.78, 5) is 0. The third-order valence-corrected chi connectivity index (χ3v) is 3.19. The van der Waals surface area contributed by atoms with Crippen molar-refractivity contribution in [3.63, 3.8) is 0 Å². The van der Waals surface area contributed by atoms with Crippen LogP contribution in [0.1, 0.15) is 32.1 Å². The van der Waals surface area contributed by atoms with Crippen LogP contribution in [-0.2, 0) is 4.74 Å². The Hall–Kier alpha value is -1.00. The van der Waals surface area contributed by atoms with Crippen LogP contribution in [0.2, 0.25) is 0 Å². The molecule has 4 nitrogen and oxygen atoms in total. The molecule has 1 aliphatic carbocycles. The Balaban J connectivity index is 1.58. The number of rotatable bonds is 6. The summed E-state index contributed by atoms with van der Waals surface area (Å²) in [6.07, 6.45) is 9.91. The van der Waals surface area contributed by atoms with Gasteiger partial charge in [-0.25, -0.2) is 0 Å². The second kappa shape index (κ2) is 6.67. The Kier molecular flexibility index (Phi) is 4.88. The molecular weight excluding hydrogens is 216 g/mol. The lowest BCUT2D eigenvalue weighted by atomic mass is 9.98.